The van der Waals surface area contributed by atoms with Crippen LogP contribution in [-0.2, 0) is 11.3 Å². The van der Waals surface area contributed by atoms with Gasteiger partial charge in [0, 0.05) is 31.1 Å². The Balaban J connectivity index is 2.55. The predicted molar refractivity (Wildman–Crippen MR) is 78.9 cm³/mol. The summed E-state index contributed by atoms with van der Waals surface area (Å²) in [7, 11) is 1.76. The lowest BCUT2D eigenvalue weighted by Gasteiger charge is -2.21. The molecule has 1 rings (SSSR count). The molecule has 0 bridgehead atoms. The number of amides is 2. The average Bonchev–Trinajstić information content (AvgIpc) is 2.35. The maximum atomic E-state index is 12.0. The minimum Gasteiger partial charge on any atom is -0.366 e. The first-order valence-electron chi connectivity index (χ1n) is 6.60. The van der Waals surface area contributed by atoms with Gasteiger partial charge in [-0.15, -0.1) is 0 Å². The van der Waals surface area contributed by atoms with E-state index in [1.807, 2.05) is 13.8 Å². The molecular weight excluding hydrogens is 254 g/mol. The predicted octanol–water partition coefficient (Wildman–Crippen LogP) is 1.26. The van der Waals surface area contributed by atoms with E-state index in [1.54, 1.807) is 36.2 Å². The van der Waals surface area contributed by atoms with E-state index in [4.69, 9.17) is 11.5 Å². The molecule has 0 aliphatic carbocycles. The second kappa shape index (κ2) is 6.52. The summed E-state index contributed by atoms with van der Waals surface area (Å²) in [6.45, 7) is 4.31. The van der Waals surface area contributed by atoms with Gasteiger partial charge in [-0.1, -0.05) is 12.1 Å². The van der Waals surface area contributed by atoms with E-state index in [0.29, 0.717) is 24.9 Å². The number of rotatable bonds is 6. The Kier molecular flexibility index (Phi) is 5.27. The number of nitrogens with zero attached hydrogens (tertiary/aromatic N) is 1. The van der Waals surface area contributed by atoms with Crippen LogP contribution >= 0.6 is 0 Å². The molecule has 0 unspecified atom stereocenters. The Labute approximate surface area is 119 Å². The van der Waals surface area contributed by atoms with Crippen molar-refractivity contribution in [2.45, 2.75) is 38.8 Å². The molecule has 4 N–H and O–H groups in total. The molecule has 5 nitrogen and oxygen atoms in total. The SMILES string of the molecule is CN(Cc1ccc(C(N)=O)cc1)C(=O)CCC(C)(C)N. The van der Waals surface area contributed by atoms with Crippen LogP contribution in [-0.4, -0.2) is 29.3 Å². The van der Waals surface area contributed by atoms with E-state index in [9.17, 15) is 9.59 Å². The van der Waals surface area contributed by atoms with Crippen molar-refractivity contribution in [2.24, 2.45) is 11.5 Å². The van der Waals surface area contributed by atoms with Gasteiger partial charge < -0.3 is 16.4 Å². The van der Waals surface area contributed by atoms with E-state index < -0.39 is 5.91 Å². The van der Waals surface area contributed by atoms with Crippen LogP contribution in [0.4, 0.5) is 0 Å². The molecular formula is C15H23N3O2. The first-order chi connectivity index (χ1) is 9.19. The van der Waals surface area contributed by atoms with Crippen molar-refractivity contribution in [1.82, 2.24) is 4.90 Å². The second-order valence-corrected chi connectivity index (χ2v) is 5.80. The number of carbonyl (C=O) groups is 2. The van der Waals surface area contributed by atoms with E-state index in [1.165, 1.54) is 0 Å². The molecule has 110 valence electrons. The molecule has 0 aliphatic heterocycles. The quantitative estimate of drug-likeness (QED) is 0.820. The van der Waals surface area contributed by atoms with E-state index in [-0.39, 0.29) is 11.4 Å². The standard InChI is InChI=1S/C15H23N3O2/c1-15(2,17)9-8-13(19)18(3)10-11-4-6-12(7-5-11)14(16)20/h4-7H,8-10,17H2,1-3H3,(H2,16,20). The van der Waals surface area contributed by atoms with Crippen LogP contribution in [0.1, 0.15) is 42.6 Å². The van der Waals surface area contributed by atoms with Crippen molar-refractivity contribution in [3.05, 3.63) is 35.4 Å². The summed E-state index contributed by atoms with van der Waals surface area (Å²) in [5.41, 5.74) is 12.1. The Hall–Kier alpha value is -1.88. The van der Waals surface area contributed by atoms with Crippen molar-refractivity contribution in [3.8, 4) is 0 Å². The summed E-state index contributed by atoms with van der Waals surface area (Å²) in [5.74, 6) is -0.395. The summed E-state index contributed by atoms with van der Waals surface area (Å²) >= 11 is 0. The van der Waals surface area contributed by atoms with E-state index >= 15 is 0 Å². The minimum atomic E-state index is -0.453. The Morgan fingerprint density at radius 3 is 2.20 bits per heavy atom. The third-order valence-electron chi connectivity index (χ3n) is 3.07. The van der Waals surface area contributed by atoms with Gasteiger partial charge in [0.05, 0.1) is 0 Å². The van der Waals surface area contributed by atoms with E-state index in [2.05, 4.69) is 0 Å². The Morgan fingerprint density at radius 1 is 1.20 bits per heavy atom. The van der Waals surface area contributed by atoms with Gasteiger partial charge in [0.25, 0.3) is 0 Å². The highest BCUT2D eigenvalue weighted by atomic mass is 16.2. The topological polar surface area (TPSA) is 89.4 Å². The minimum absolute atomic E-state index is 0.0579. The summed E-state index contributed by atoms with van der Waals surface area (Å²) in [6.07, 6.45) is 1.08. The lowest BCUT2D eigenvalue weighted by molar-refractivity contribution is -0.130. The van der Waals surface area contributed by atoms with Gasteiger partial charge in [0.1, 0.15) is 0 Å². The molecule has 0 fully saturated rings. The van der Waals surface area contributed by atoms with Gasteiger partial charge in [0.15, 0.2) is 0 Å². The average molecular weight is 277 g/mol. The van der Waals surface area contributed by atoms with Crippen LogP contribution < -0.4 is 11.5 Å². The maximum Gasteiger partial charge on any atom is 0.248 e. The van der Waals surface area contributed by atoms with Gasteiger partial charge in [-0.3, -0.25) is 9.59 Å². The number of nitrogens with two attached hydrogens (primary N) is 2. The molecule has 1 aromatic carbocycles. The molecule has 0 saturated heterocycles. The van der Waals surface area contributed by atoms with Gasteiger partial charge >= 0.3 is 0 Å². The molecule has 0 aliphatic rings. The first kappa shape index (κ1) is 16.2. The molecule has 0 spiro atoms. The smallest absolute Gasteiger partial charge is 0.248 e. The number of carbonyl (C=O) groups excluding carboxylic acids is 2. The van der Waals surface area contributed by atoms with Crippen LogP contribution in [0.3, 0.4) is 0 Å². The van der Waals surface area contributed by atoms with Crippen molar-refractivity contribution in [1.29, 1.82) is 0 Å². The number of hydrogen-bond acceptors (Lipinski definition) is 3. The molecule has 0 saturated carbocycles. The van der Waals surface area contributed by atoms with E-state index in [0.717, 1.165) is 5.56 Å². The molecule has 2 amide bonds. The van der Waals surface area contributed by atoms with Crippen LogP contribution in [0.2, 0.25) is 0 Å². The highest BCUT2D eigenvalue weighted by molar-refractivity contribution is 5.92. The monoisotopic (exact) mass is 277 g/mol. The summed E-state index contributed by atoms with van der Waals surface area (Å²) in [5, 5.41) is 0. The third kappa shape index (κ3) is 5.40. The molecule has 5 heteroatoms. The van der Waals surface area contributed by atoms with Crippen LogP contribution in [0, 0.1) is 0 Å². The number of hydrogen-bond donors (Lipinski definition) is 2. The Bertz CT molecular complexity index is 475. The number of benzene rings is 1. The van der Waals surface area contributed by atoms with Crippen molar-refractivity contribution < 1.29 is 9.59 Å². The normalized spacial score (nSPS) is 11.2. The highest BCUT2D eigenvalue weighted by Gasteiger charge is 2.16. The number of primary amides is 1. The summed E-state index contributed by atoms with van der Waals surface area (Å²) in [4.78, 5) is 24.6. The molecule has 0 heterocycles. The zero-order chi connectivity index (χ0) is 15.3. The second-order valence-electron chi connectivity index (χ2n) is 5.80. The van der Waals surface area contributed by atoms with Gasteiger partial charge in [-0.2, -0.15) is 0 Å². The largest absolute Gasteiger partial charge is 0.366 e. The fourth-order valence-corrected chi connectivity index (χ4v) is 1.76. The van der Waals surface area contributed by atoms with Gasteiger partial charge in [0.2, 0.25) is 11.8 Å². The van der Waals surface area contributed by atoms with Crippen LogP contribution in [0.15, 0.2) is 24.3 Å². The first-order valence-corrected chi connectivity index (χ1v) is 6.60. The van der Waals surface area contributed by atoms with Gasteiger partial charge in [-0.05, 0) is 38.0 Å². The molecule has 1 aromatic rings. The molecule has 0 atom stereocenters. The lowest BCUT2D eigenvalue weighted by atomic mass is 10.00. The van der Waals surface area contributed by atoms with Crippen LogP contribution in [0.25, 0.3) is 0 Å². The fraction of sp³-hybridized carbons (Fsp3) is 0.467. The zero-order valence-electron chi connectivity index (χ0n) is 12.3. The molecule has 20 heavy (non-hydrogen) atoms. The molecule has 0 aromatic heterocycles. The van der Waals surface area contributed by atoms with Crippen molar-refractivity contribution in [2.75, 3.05) is 7.05 Å². The van der Waals surface area contributed by atoms with Crippen molar-refractivity contribution in [3.63, 3.8) is 0 Å². The van der Waals surface area contributed by atoms with Gasteiger partial charge in [-0.25, -0.2) is 0 Å². The van der Waals surface area contributed by atoms with Crippen molar-refractivity contribution >= 4 is 11.8 Å². The lowest BCUT2D eigenvalue weighted by Crippen LogP contribution is -2.34. The maximum absolute atomic E-state index is 12.0. The highest BCUT2D eigenvalue weighted by Crippen LogP contribution is 2.11. The summed E-state index contributed by atoms with van der Waals surface area (Å²) < 4.78 is 0. The third-order valence-corrected chi connectivity index (χ3v) is 3.07. The summed E-state index contributed by atoms with van der Waals surface area (Å²) in [6, 6.07) is 6.94. The Morgan fingerprint density at radius 2 is 1.75 bits per heavy atom. The molecule has 0 radical (unpaired) electrons. The zero-order valence-corrected chi connectivity index (χ0v) is 12.3. The fourth-order valence-electron chi connectivity index (χ4n) is 1.76. The van der Waals surface area contributed by atoms with Crippen LogP contribution in [0.5, 0.6) is 0 Å².